The van der Waals surface area contributed by atoms with Crippen LogP contribution in [0.15, 0.2) is 35.3 Å². The van der Waals surface area contributed by atoms with Gasteiger partial charge in [0.1, 0.15) is 10.8 Å². The van der Waals surface area contributed by atoms with Crippen molar-refractivity contribution in [3.63, 3.8) is 0 Å². The predicted octanol–water partition coefficient (Wildman–Crippen LogP) is 2.17. The van der Waals surface area contributed by atoms with E-state index in [-0.39, 0.29) is 0 Å². The summed E-state index contributed by atoms with van der Waals surface area (Å²) in [6.45, 7) is 1.59. The van der Waals surface area contributed by atoms with E-state index in [0.717, 1.165) is 35.3 Å². The van der Waals surface area contributed by atoms with Crippen molar-refractivity contribution in [2.45, 2.75) is 12.5 Å². The molecule has 1 aliphatic heterocycles. The number of carbonyl (C=O) groups is 1. The number of carboxylic acids is 1. The number of fused-ring (bicyclic) bond motifs is 1. The fourth-order valence-corrected chi connectivity index (χ4v) is 3.39. The smallest absolute Gasteiger partial charge is 0.329 e. The van der Waals surface area contributed by atoms with Crippen LogP contribution in [-0.4, -0.2) is 53.1 Å². The number of hydrogen-bond donors (Lipinski definition) is 2. The van der Waals surface area contributed by atoms with Crippen LogP contribution in [0.5, 0.6) is 5.75 Å². The SMILES string of the molecule is CNCCCOc1ccc2nc(C3=N[C@@H](C(=O)O)CS3)ccc2c1. The average molecular weight is 345 g/mol. The van der Waals surface area contributed by atoms with E-state index in [1.807, 2.05) is 37.4 Å². The fraction of sp³-hybridized carbons (Fsp3) is 0.353. The van der Waals surface area contributed by atoms with Crippen molar-refractivity contribution in [1.82, 2.24) is 10.3 Å². The Labute approximate surface area is 144 Å². The van der Waals surface area contributed by atoms with Crippen LogP contribution in [0.25, 0.3) is 10.9 Å². The number of ether oxygens (including phenoxy) is 1. The lowest BCUT2D eigenvalue weighted by Gasteiger charge is -2.08. The Bertz CT molecular complexity index is 779. The average Bonchev–Trinajstić information content (AvgIpc) is 3.08. The largest absolute Gasteiger partial charge is 0.494 e. The van der Waals surface area contributed by atoms with Crippen molar-refractivity contribution >= 4 is 33.7 Å². The third kappa shape index (κ3) is 3.85. The van der Waals surface area contributed by atoms with E-state index < -0.39 is 12.0 Å². The number of rotatable bonds is 7. The minimum atomic E-state index is -0.890. The van der Waals surface area contributed by atoms with Gasteiger partial charge >= 0.3 is 5.97 Å². The van der Waals surface area contributed by atoms with E-state index in [0.29, 0.717) is 17.4 Å². The zero-order valence-electron chi connectivity index (χ0n) is 13.4. The van der Waals surface area contributed by atoms with E-state index in [1.165, 1.54) is 11.8 Å². The number of nitrogens with zero attached hydrogens (tertiary/aromatic N) is 2. The normalized spacial score (nSPS) is 17.0. The predicted molar refractivity (Wildman–Crippen MR) is 96.2 cm³/mol. The summed E-state index contributed by atoms with van der Waals surface area (Å²) in [7, 11) is 1.92. The van der Waals surface area contributed by atoms with Crippen molar-refractivity contribution in [1.29, 1.82) is 0 Å². The minimum absolute atomic E-state index is 0.462. The molecule has 0 fully saturated rings. The molecule has 6 nitrogen and oxygen atoms in total. The molecule has 3 rings (SSSR count). The monoisotopic (exact) mass is 345 g/mol. The number of nitrogens with one attached hydrogen (secondary N) is 1. The second-order valence-corrected chi connectivity index (χ2v) is 6.46. The van der Waals surface area contributed by atoms with Gasteiger partial charge in [-0.05, 0) is 44.3 Å². The quantitative estimate of drug-likeness (QED) is 0.748. The molecular weight excluding hydrogens is 326 g/mol. The molecule has 0 amide bonds. The maximum Gasteiger partial charge on any atom is 0.329 e. The van der Waals surface area contributed by atoms with Gasteiger partial charge in [-0.3, -0.25) is 4.99 Å². The number of thioether (sulfide) groups is 1. The molecule has 24 heavy (non-hydrogen) atoms. The molecular formula is C17H19N3O3S. The number of aliphatic carboxylic acids is 1. The number of benzene rings is 1. The van der Waals surface area contributed by atoms with Gasteiger partial charge in [0.2, 0.25) is 0 Å². The van der Waals surface area contributed by atoms with Gasteiger partial charge in [0.15, 0.2) is 6.04 Å². The highest BCUT2D eigenvalue weighted by Crippen LogP contribution is 2.25. The molecule has 126 valence electrons. The highest BCUT2D eigenvalue weighted by atomic mass is 32.2. The van der Waals surface area contributed by atoms with Crippen LogP contribution in [0.4, 0.5) is 0 Å². The summed E-state index contributed by atoms with van der Waals surface area (Å²) in [4.78, 5) is 19.8. The summed E-state index contributed by atoms with van der Waals surface area (Å²) in [5.74, 6) is 0.397. The Kier molecular flexibility index (Phi) is 5.32. The highest BCUT2D eigenvalue weighted by Gasteiger charge is 2.25. The molecule has 0 radical (unpaired) electrons. The second-order valence-electron chi connectivity index (χ2n) is 5.46. The first-order valence-corrected chi connectivity index (χ1v) is 8.78. The molecule has 1 aliphatic rings. The third-order valence-corrected chi connectivity index (χ3v) is 4.73. The molecule has 2 aromatic rings. The first-order chi connectivity index (χ1) is 11.7. The Hall–Kier alpha value is -2.12. The highest BCUT2D eigenvalue weighted by molar-refractivity contribution is 8.14. The topological polar surface area (TPSA) is 83.8 Å². The molecule has 2 heterocycles. The molecule has 1 aromatic carbocycles. The molecule has 0 bridgehead atoms. The molecule has 0 spiro atoms. The molecule has 0 saturated carbocycles. The van der Waals surface area contributed by atoms with E-state index in [9.17, 15) is 4.79 Å². The van der Waals surface area contributed by atoms with Crippen LogP contribution >= 0.6 is 11.8 Å². The number of aliphatic imine (C=N–C) groups is 1. The van der Waals surface area contributed by atoms with Gasteiger partial charge in [0.25, 0.3) is 0 Å². The molecule has 1 aromatic heterocycles. The Morgan fingerprint density at radius 1 is 1.42 bits per heavy atom. The minimum Gasteiger partial charge on any atom is -0.494 e. The van der Waals surface area contributed by atoms with E-state index in [1.54, 1.807) is 0 Å². The molecule has 0 unspecified atom stereocenters. The first kappa shape index (κ1) is 16.7. The summed E-state index contributed by atoms with van der Waals surface area (Å²) in [6, 6.07) is 8.97. The lowest BCUT2D eigenvalue weighted by Crippen LogP contribution is -2.17. The fourth-order valence-electron chi connectivity index (χ4n) is 2.39. The molecule has 0 aliphatic carbocycles. The van der Waals surface area contributed by atoms with Crippen LogP contribution in [-0.2, 0) is 4.79 Å². The van der Waals surface area contributed by atoms with Crippen molar-refractivity contribution < 1.29 is 14.6 Å². The Morgan fingerprint density at radius 2 is 2.29 bits per heavy atom. The van der Waals surface area contributed by atoms with E-state index in [2.05, 4.69) is 15.3 Å². The zero-order chi connectivity index (χ0) is 16.9. The standard InChI is InChI=1S/C17H19N3O3S/c1-18-7-2-8-23-12-4-6-13-11(9-12)3-5-14(19-13)16-20-15(10-24-16)17(21)22/h3-6,9,15,18H,2,7-8,10H2,1H3,(H,21,22)/t15-/m1/s1. The summed E-state index contributed by atoms with van der Waals surface area (Å²) < 4.78 is 5.73. The third-order valence-electron chi connectivity index (χ3n) is 3.66. The molecule has 2 N–H and O–H groups in total. The lowest BCUT2D eigenvalue weighted by molar-refractivity contribution is -0.137. The van der Waals surface area contributed by atoms with Crippen molar-refractivity contribution in [3.05, 3.63) is 36.0 Å². The van der Waals surface area contributed by atoms with Crippen molar-refractivity contribution in [3.8, 4) is 5.75 Å². The van der Waals surface area contributed by atoms with Gasteiger partial charge < -0.3 is 15.2 Å². The van der Waals surface area contributed by atoms with Crippen LogP contribution in [0, 0.1) is 0 Å². The van der Waals surface area contributed by atoms with Crippen LogP contribution < -0.4 is 10.1 Å². The van der Waals surface area contributed by atoms with Gasteiger partial charge in [0.05, 0.1) is 17.8 Å². The van der Waals surface area contributed by atoms with Crippen molar-refractivity contribution in [2.75, 3.05) is 26.0 Å². The Balaban J connectivity index is 1.75. The maximum absolute atomic E-state index is 11.0. The number of carboxylic acid groups (broad SMARTS) is 1. The van der Waals surface area contributed by atoms with Crippen LogP contribution in [0.1, 0.15) is 12.1 Å². The van der Waals surface area contributed by atoms with Gasteiger partial charge in [-0.15, -0.1) is 11.8 Å². The molecule has 0 saturated heterocycles. The van der Waals surface area contributed by atoms with Gasteiger partial charge in [-0.2, -0.15) is 0 Å². The number of pyridine rings is 1. The lowest BCUT2D eigenvalue weighted by atomic mass is 10.2. The maximum atomic E-state index is 11.0. The van der Waals surface area contributed by atoms with Crippen LogP contribution in [0.3, 0.4) is 0 Å². The summed E-state index contributed by atoms with van der Waals surface area (Å²) in [5.41, 5.74) is 1.57. The van der Waals surface area contributed by atoms with Gasteiger partial charge in [0, 0.05) is 11.1 Å². The Morgan fingerprint density at radius 3 is 3.04 bits per heavy atom. The van der Waals surface area contributed by atoms with Gasteiger partial charge in [-0.25, -0.2) is 9.78 Å². The summed E-state index contributed by atoms with van der Waals surface area (Å²) in [6.07, 6.45) is 0.952. The molecule has 1 atom stereocenters. The first-order valence-electron chi connectivity index (χ1n) is 7.79. The number of aromatic nitrogens is 1. The molecule has 7 heteroatoms. The van der Waals surface area contributed by atoms with Crippen molar-refractivity contribution in [2.24, 2.45) is 4.99 Å². The second kappa shape index (κ2) is 7.63. The van der Waals surface area contributed by atoms with Crippen LogP contribution in [0.2, 0.25) is 0 Å². The van der Waals surface area contributed by atoms with E-state index >= 15 is 0 Å². The zero-order valence-corrected chi connectivity index (χ0v) is 14.2. The van der Waals surface area contributed by atoms with Gasteiger partial charge in [-0.1, -0.05) is 6.07 Å². The van der Waals surface area contributed by atoms with E-state index in [4.69, 9.17) is 9.84 Å². The summed E-state index contributed by atoms with van der Waals surface area (Å²) in [5, 5.41) is 13.8. The number of hydrogen-bond acceptors (Lipinski definition) is 6. The summed E-state index contributed by atoms with van der Waals surface area (Å²) >= 11 is 1.44.